The standard InChI is InChI=1S/C14H13ClN2O2S/c1-9(16-14(19)12-7-4-8-20-12)13(18)17-11-6-3-2-5-10(11)15/h2-9H,1H3,(H,16,19)(H,17,18)/t9-/m1/s1. The highest BCUT2D eigenvalue weighted by Gasteiger charge is 2.17. The average Bonchev–Trinajstić information content (AvgIpc) is 2.95. The number of carbonyl (C=O) groups excluding carboxylic acids is 2. The second kappa shape index (κ2) is 6.54. The molecule has 0 fully saturated rings. The first-order valence-corrected chi connectivity index (χ1v) is 7.23. The Kier molecular flexibility index (Phi) is 4.76. The van der Waals surface area contributed by atoms with Gasteiger partial charge in [-0.1, -0.05) is 29.8 Å². The number of para-hydroxylation sites is 1. The van der Waals surface area contributed by atoms with Gasteiger partial charge >= 0.3 is 0 Å². The van der Waals surface area contributed by atoms with Gasteiger partial charge in [0, 0.05) is 0 Å². The third-order valence-corrected chi connectivity index (χ3v) is 3.82. The lowest BCUT2D eigenvalue weighted by Crippen LogP contribution is -2.41. The van der Waals surface area contributed by atoms with Crippen LogP contribution in [0.3, 0.4) is 0 Å². The Morgan fingerprint density at radius 3 is 2.60 bits per heavy atom. The molecule has 0 spiro atoms. The molecule has 0 saturated carbocycles. The Balaban J connectivity index is 1.96. The molecule has 0 aliphatic rings. The molecule has 0 aliphatic carbocycles. The molecule has 6 heteroatoms. The van der Waals surface area contributed by atoms with Crippen LogP contribution in [0.4, 0.5) is 5.69 Å². The van der Waals surface area contributed by atoms with Crippen molar-refractivity contribution < 1.29 is 9.59 Å². The van der Waals surface area contributed by atoms with Gasteiger partial charge in [-0.2, -0.15) is 0 Å². The molecule has 0 radical (unpaired) electrons. The highest BCUT2D eigenvalue weighted by molar-refractivity contribution is 7.12. The van der Waals surface area contributed by atoms with Crippen LogP contribution in [0.2, 0.25) is 5.02 Å². The number of benzene rings is 1. The van der Waals surface area contributed by atoms with Gasteiger partial charge in [-0.15, -0.1) is 11.3 Å². The molecule has 0 aliphatic heterocycles. The molecule has 104 valence electrons. The summed E-state index contributed by atoms with van der Waals surface area (Å²) in [6.45, 7) is 1.62. The summed E-state index contributed by atoms with van der Waals surface area (Å²) in [5.41, 5.74) is 0.524. The highest BCUT2D eigenvalue weighted by Crippen LogP contribution is 2.20. The van der Waals surface area contributed by atoms with E-state index in [1.807, 2.05) is 5.38 Å². The van der Waals surface area contributed by atoms with Crippen LogP contribution in [0, 0.1) is 0 Å². The van der Waals surface area contributed by atoms with Crippen LogP contribution in [0.15, 0.2) is 41.8 Å². The van der Waals surface area contributed by atoms with Gasteiger partial charge < -0.3 is 10.6 Å². The van der Waals surface area contributed by atoms with Crippen molar-refractivity contribution >= 4 is 40.4 Å². The van der Waals surface area contributed by atoms with Crippen LogP contribution >= 0.6 is 22.9 Å². The summed E-state index contributed by atoms with van der Waals surface area (Å²) in [5.74, 6) is -0.579. The van der Waals surface area contributed by atoms with Gasteiger partial charge in [0.1, 0.15) is 6.04 Å². The Morgan fingerprint density at radius 1 is 1.20 bits per heavy atom. The summed E-state index contributed by atoms with van der Waals surface area (Å²) in [7, 11) is 0. The van der Waals surface area contributed by atoms with Gasteiger partial charge in [0.25, 0.3) is 5.91 Å². The number of amides is 2. The molecule has 2 amide bonds. The Labute approximate surface area is 125 Å². The largest absolute Gasteiger partial charge is 0.340 e. The number of halogens is 1. The van der Waals surface area contributed by atoms with E-state index in [1.54, 1.807) is 43.3 Å². The molecule has 4 nitrogen and oxygen atoms in total. The first kappa shape index (κ1) is 14.6. The molecule has 0 bridgehead atoms. The topological polar surface area (TPSA) is 58.2 Å². The second-order valence-corrected chi connectivity index (χ2v) is 5.50. The van der Waals surface area contributed by atoms with Crippen LogP contribution < -0.4 is 10.6 Å². The smallest absolute Gasteiger partial charge is 0.261 e. The van der Waals surface area contributed by atoms with Gasteiger partial charge in [-0.05, 0) is 30.5 Å². The lowest BCUT2D eigenvalue weighted by Gasteiger charge is -2.14. The van der Waals surface area contributed by atoms with E-state index in [2.05, 4.69) is 10.6 Å². The van der Waals surface area contributed by atoms with Gasteiger partial charge in [0.15, 0.2) is 0 Å². The second-order valence-electron chi connectivity index (χ2n) is 4.14. The maximum atomic E-state index is 12.0. The van der Waals surface area contributed by atoms with Crippen molar-refractivity contribution in [2.45, 2.75) is 13.0 Å². The molecule has 2 N–H and O–H groups in total. The number of hydrogen-bond acceptors (Lipinski definition) is 3. The van der Waals surface area contributed by atoms with Crippen LogP contribution in [-0.4, -0.2) is 17.9 Å². The fourth-order valence-corrected chi connectivity index (χ4v) is 2.35. The van der Waals surface area contributed by atoms with Crippen molar-refractivity contribution in [2.75, 3.05) is 5.32 Å². The van der Waals surface area contributed by atoms with E-state index in [9.17, 15) is 9.59 Å². The fourth-order valence-electron chi connectivity index (χ4n) is 1.54. The fraction of sp³-hybridized carbons (Fsp3) is 0.143. The Bertz CT molecular complexity index is 613. The van der Waals surface area contributed by atoms with Crippen LogP contribution in [0.5, 0.6) is 0 Å². The molecule has 1 aromatic carbocycles. The van der Waals surface area contributed by atoms with E-state index in [0.29, 0.717) is 15.6 Å². The summed E-state index contributed by atoms with van der Waals surface area (Å²) < 4.78 is 0. The zero-order chi connectivity index (χ0) is 14.5. The summed E-state index contributed by atoms with van der Waals surface area (Å²) >= 11 is 7.29. The molecule has 1 heterocycles. The number of thiophene rings is 1. The van der Waals surface area contributed by atoms with Crippen LogP contribution in [0.1, 0.15) is 16.6 Å². The van der Waals surface area contributed by atoms with Crippen molar-refractivity contribution in [3.05, 3.63) is 51.7 Å². The van der Waals surface area contributed by atoms with Crippen molar-refractivity contribution in [3.8, 4) is 0 Å². The third kappa shape index (κ3) is 3.59. The van der Waals surface area contributed by atoms with Gasteiger partial charge in [0.2, 0.25) is 5.91 Å². The van der Waals surface area contributed by atoms with E-state index >= 15 is 0 Å². The zero-order valence-electron chi connectivity index (χ0n) is 10.7. The quantitative estimate of drug-likeness (QED) is 0.911. The van der Waals surface area contributed by atoms with E-state index in [1.165, 1.54) is 11.3 Å². The molecular weight excluding hydrogens is 296 g/mol. The average molecular weight is 309 g/mol. The minimum absolute atomic E-state index is 0.262. The predicted octanol–water partition coefficient (Wildman–Crippen LogP) is 3.16. The maximum absolute atomic E-state index is 12.0. The van der Waals surface area contributed by atoms with E-state index in [4.69, 9.17) is 11.6 Å². The number of anilines is 1. The Hall–Kier alpha value is -1.85. The molecule has 0 saturated heterocycles. The van der Waals surface area contributed by atoms with E-state index in [0.717, 1.165) is 0 Å². The molecule has 1 aromatic heterocycles. The SMILES string of the molecule is C[C@@H](NC(=O)c1cccs1)C(=O)Nc1ccccc1Cl. The maximum Gasteiger partial charge on any atom is 0.261 e. The zero-order valence-corrected chi connectivity index (χ0v) is 12.3. The van der Waals surface area contributed by atoms with Crippen molar-refractivity contribution in [1.82, 2.24) is 5.32 Å². The minimum Gasteiger partial charge on any atom is -0.340 e. The van der Waals surface area contributed by atoms with E-state index < -0.39 is 6.04 Å². The number of nitrogens with one attached hydrogen (secondary N) is 2. The Morgan fingerprint density at radius 2 is 1.95 bits per heavy atom. The summed E-state index contributed by atoms with van der Waals surface area (Å²) in [5, 5.41) is 7.58. The summed E-state index contributed by atoms with van der Waals surface area (Å²) in [6.07, 6.45) is 0. The first-order chi connectivity index (χ1) is 9.58. The summed E-state index contributed by atoms with van der Waals surface area (Å²) in [6, 6.07) is 9.78. The van der Waals surface area contributed by atoms with E-state index in [-0.39, 0.29) is 11.8 Å². The van der Waals surface area contributed by atoms with Crippen molar-refractivity contribution in [1.29, 1.82) is 0 Å². The molecular formula is C14H13ClN2O2S. The normalized spacial score (nSPS) is 11.7. The molecule has 1 atom stereocenters. The molecule has 20 heavy (non-hydrogen) atoms. The lowest BCUT2D eigenvalue weighted by molar-refractivity contribution is -0.117. The van der Waals surface area contributed by atoms with Crippen LogP contribution in [-0.2, 0) is 4.79 Å². The molecule has 0 unspecified atom stereocenters. The molecule has 2 rings (SSSR count). The number of hydrogen-bond donors (Lipinski definition) is 2. The third-order valence-electron chi connectivity index (χ3n) is 2.62. The van der Waals surface area contributed by atoms with Gasteiger partial charge in [-0.25, -0.2) is 0 Å². The monoisotopic (exact) mass is 308 g/mol. The lowest BCUT2D eigenvalue weighted by atomic mass is 10.2. The van der Waals surface area contributed by atoms with Gasteiger partial charge in [0.05, 0.1) is 15.6 Å². The summed E-state index contributed by atoms with van der Waals surface area (Å²) in [4.78, 5) is 24.4. The van der Waals surface area contributed by atoms with Crippen LogP contribution in [0.25, 0.3) is 0 Å². The number of rotatable bonds is 4. The van der Waals surface area contributed by atoms with Crippen molar-refractivity contribution in [3.63, 3.8) is 0 Å². The highest BCUT2D eigenvalue weighted by atomic mass is 35.5. The number of carbonyl (C=O) groups is 2. The van der Waals surface area contributed by atoms with Gasteiger partial charge in [-0.3, -0.25) is 9.59 Å². The minimum atomic E-state index is -0.652. The predicted molar refractivity (Wildman–Crippen MR) is 81.3 cm³/mol. The van der Waals surface area contributed by atoms with Crippen molar-refractivity contribution in [2.24, 2.45) is 0 Å². The molecule has 2 aromatic rings. The first-order valence-electron chi connectivity index (χ1n) is 5.97.